The van der Waals surface area contributed by atoms with Gasteiger partial charge in [0.1, 0.15) is 6.04 Å². The Hall–Kier alpha value is -0.570. The predicted octanol–water partition coefficient (Wildman–Crippen LogP) is 1.47. The highest BCUT2D eigenvalue weighted by molar-refractivity contribution is 5.72. The van der Waals surface area contributed by atoms with Crippen molar-refractivity contribution in [1.29, 1.82) is 0 Å². The van der Waals surface area contributed by atoms with E-state index in [1.807, 2.05) is 0 Å². The first-order valence-corrected chi connectivity index (χ1v) is 4.47. The number of hydrogen-bond donors (Lipinski definition) is 2. The highest BCUT2D eigenvalue weighted by Gasteiger charge is 2.18. The quantitative estimate of drug-likeness (QED) is 0.661. The molecule has 0 aliphatic rings. The Labute approximate surface area is 74.0 Å². The molecular weight excluding hydrogens is 154 g/mol. The van der Waals surface area contributed by atoms with E-state index in [-0.39, 0.29) is 0 Å². The summed E-state index contributed by atoms with van der Waals surface area (Å²) in [4.78, 5) is 10.4. The van der Waals surface area contributed by atoms with Gasteiger partial charge in [0.05, 0.1) is 0 Å². The molecule has 0 aromatic rings. The molecule has 0 bridgehead atoms. The van der Waals surface area contributed by atoms with Crippen LogP contribution < -0.4 is 5.73 Å². The second kappa shape index (κ2) is 5.14. The highest BCUT2D eigenvalue weighted by Crippen LogP contribution is 2.18. The monoisotopic (exact) mass is 173 g/mol. The van der Waals surface area contributed by atoms with Gasteiger partial charge >= 0.3 is 5.97 Å². The molecule has 0 fully saturated rings. The van der Waals surface area contributed by atoms with E-state index in [4.69, 9.17) is 10.8 Å². The first kappa shape index (κ1) is 11.4. The standard InChI is InChI=1S/C9H19NO2/c1-4-6(2)7(3)5-8(10)9(11)12/h6-8H,4-5,10H2,1-3H3,(H,11,12). The van der Waals surface area contributed by atoms with E-state index in [2.05, 4.69) is 20.8 Å². The van der Waals surface area contributed by atoms with Crippen molar-refractivity contribution in [2.45, 2.75) is 39.7 Å². The maximum atomic E-state index is 10.4. The molecule has 3 unspecified atom stereocenters. The van der Waals surface area contributed by atoms with E-state index in [0.29, 0.717) is 18.3 Å². The Morgan fingerprint density at radius 2 is 1.92 bits per heavy atom. The number of carboxylic acid groups (broad SMARTS) is 1. The van der Waals surface area contributed by atoms with Gasteiger partial charge in [-0.25, -0.2) is 0 Å². The molecule has 0 radical (unpaired) electrons. The zero-order valence-electron chi connectivity index (χ0n) is 8.08. The Balaban J connectivity index is 3.83. The number of hydrogen-bond acceptors (Lipinski definition) is 2. The average molecular weight is 173 g/mol. The molecule has 0 rings (SSSR count). The molecule has 0 heterocycles. The molecule has 3 atom stereocenters. The third kappa shape index (κ3) is 3.72. The summed E-state index contributed by atoms with van der Waals surface area (Å²) in [5.41, 5.74) is 5.41. The van der Waals surface area contributed by atoms with E-state index in [1.165, 1.54) is 0 Å². The summed E-state index contributed by atoms with van der Waals surface area (Å²) >= 11 is 0. The van der Waals surface area contributed by atoms with Crippen LogP contribution in [0.3, 0.4) is 0 Å². The largest absolute Gasteiger partial charge is 0.480 e. The van der Waals surface area contributed by atoms with Crippen molar-refractivity contribution >= 4 is 5.97 Å². The van der Waals surface area contributed by atoms with Crippen molar-refractivity contribution in [3.05, 3.63) is 0 Å². The summed E-state index contributed by atoms with van der Waals surface area (Å²) in [7, 11) is 0. The molecule has 0 aromatic carbocycles. The van der Waals surface area contributed by atoms with Gasteiger partial charge in [0, 0.05) is 0 Å². The molecule has 3 nitrogen and oxygen atoms in total. The fourth-order valence-corrected chi connectivity index (χ4v) is 1.14. The van der Waals surface area contributed by atoms with Crippen LogP contribution in [0.2, 0.25) is 0 Å². The van der Waals surface area contributed by atoms with Crippen molar-refractivity contribution in [2.75, 3.05) is 0 Å². The minimum atomic E-state index is -0.898. The van der Waals surface area contributed by atoms with Crippen molar-refractivity contribution in [1.82, 2.24) is 0 Å². The van der Waals surface area contributed by atoms with Crippen LogP contribution in [0.4, 0.5) is 0 Å². The smallest absolute Gasteiger partial charge is 0.320 e. The van der Waals surface area contributed by atoms with Gasteiger partial charge in [0.15, 0.2) is 0 Å². The van der Waals surface area contributed by atoms with Crippen LogP contribution in [0.5, 0.6) is 0 Å². The Bertz CT molecular complexity index is 147. The van der Waals surface area contributed by atoms with Crippen molar-refractivity contribution in [2.24, 2.45) is 17.6 Å². The normalized spacial score (nSPS) is 18.3. The summed E-state index contributed by atoms with van der Waals surface area (Å²) in [6.07, 6.45) is 1.65. The number of rotatable bonds is 5. The summed E-state index contributed by atoms with van der Waals surface area (Å²) < 4.78 is 0. The molecule has 0 aromatic heterocycles. The SMILES string of the molecule is CCC(C)C(C)CC(N)C(=O)O. The first-order chi connectivity index (χ1) is 5.49. The highest BCUT2D eigenvalue weighted by atomic mass is 16.4. The van der Waals surface area contributed by atoms with E-state index in [9.17, 15) is 4.79 Å². The van der Waals surface area contributed by atoms with Crippen molar-refractivity contribution in [3.63, 3.8) is 0 Å². The minimum Gasteiger partial charge on any atom is -0.480 e. The van der Waals surface area contributed by atoms with Gasteiger partial charge in [-0.1, -0.05) is 27.2 Å². The second-order valence-corrected chi connectivity index (χ2v) is 3.54. The van der Waals surface area contributed by atoms with Gasteiger partial charge in [-0.2, -0.15) is 0 Å². The van der Waals surface area contributed by atoms with Crippen LogP contribution in [0.1, 0.15) is 33.6 Å². The lowest BCUT2D eigenvalue weighted by Crippen LogP contribution is -2.33. The number of nitrogens with two attached hydrogens (primary N) is 1. The first-order valence-electron chi connectivity index (χ1n) is 4.47. The Morgan fingerprint density at radius 3 is 2.25 bits per heavy atom. The number of carbonyl (C=O) groups is 1. The molecule has 0 saturated carbocycles. The minimum absolute atomic E-state index is 0.390. The van der Waals surface area contributed by atoms with E-state index in [0.717, 1.165) is 6.42 Å². The number of aliphatic carboxylic acids is 1. The zero-order valence-corrected chi connectivity index (χ0v) is 8.08. The summed E-state index contributed by atoms with van der Waals surface area (Å²) in [5, 5.41) is 8.56. The van der Waals surface area contributed by atoms with Crippen LogP contribution in [0.15, 0.2) is 0 Å². The van der Waals surface area contributed by atoms with Crippen molar-refractivity contribution in [3.8, 4) is 0 Å². The predicted molar refractivity (Wildman–Crippen MR) is 48.8 cm³/mol. The van der Waals surface area contributed by atoms with E-state index >= 15 is 0 Å². The van der Waals surface area contributed by atoms with Gasteiger partial charge in [-0.05, 0) is 18.3 Å². The van der Waals surface area contributed by atoms with Crippen LogP contribution in [-0.2, 0) is 4.79 Å². The molecule has 3 N–H and O–H groups in total. The fourth-order valence-electron chi connectivity index (χ4n) is 1.14. The lowest BCUT2D eigenvalue weighted by atomic mass is 9.88. The lowest BCUT2D eigenvalue weighted by Gasteiger charge is -2.19. The average Bonchev–Trinajstić information content (AvgIpc) is 2.02. The van der Waals surface area contributed by atoms with E-state index < -0.39 is 12.0 Å². The summed E-state index contributed by atoms with van der Waals surface area (Å²) in [6, 6.07) is -0.700. The molecule has 0 aliphatic carbocycles. The van der Waals surface area contributed by atoms with Crippen LogP contribution in [-0.4, -0.2) is 17.1 Å². The van der Waals surface area contributed by atoms with Gasteiger partial charge < -0.3 is 10.8 Å². The maximum absolute atomic E-state index is 10.4. The van der Waals surface area contributed by atoms with Gasteiger partial charge in [0.2, 0.25) is 0 Å². The summed E-state index contributed by atoms with van der Waals surface area (Å²) in [5.74, 6) is 0.0432. The maximum Gasteiger partial charge on any atom is 0.320 e. The molecule has 12 heavy (non-hydrogen) atoms. The van der Waals surface area contributed by atoms with Crippen molar-refractivity contribution < 1.29 is 9.90 Å². The molecule has 72 valence electrons. The third-order valence-electron chi connectivity index (χ3n) is 2.56. The second-order valence-electron chi connectivity index (χ2n) is 3.54. The molecule has 0 saturated heterocycles. The number of carboxylic acids is 1. The molecule has 3 heteroatoms. The van der Waals surface area contributed by atoms with Gasteiger partial charge in [-0.3, -0.25) is 4.79 Å². The van der Waals surface area contributed by atoms with Crippen LogP contribution in [0.25, 0.3) is 0 Å². The molecule has 0 spiro atoms. The Kier molecular flexibility index (Phi) is 4.90. The Morgan fingerprint density at radius 1 is 1.42 bits per heavy atom. The molecule has 0 amide bonds. The van der Waals surface area contributed by atoms with Crippen LogP contribution >= 0.6 is 0 Å². The molecular formula is C9H19NO2. The fraction of sp³-hybridized carbons (Fsp3) is 0.889. The summed E-state index contributed by atoms with van der Waals surface area (Å²) in [6.45, 7) is 6.28. The topological polar surface area (TPSA) is 63.3 Å². The van der Waals surface area contributed by atoms with Gasteiger partial charge in [-0.15, -0.1) is 0 Å². The van der Waals surface area contributed by atoms with E-state index in [1.54, 1.807) is 0 Å². The third-order valence-corrected chi connectivity index (χ3v) is 2.56. The van der Waals surface area contributed by atoms with Gasteiger partial charge in [0.25, 0.3) is 0 Å². The molecule has 0 aliphatic heterocycles. The zero-order chi connectivity index (χ0) is 9.72. The lowest BCUT2D eigenvalue weighted by molar-refractivity contribution is -0.139. The van der Waals surface area contributed by atoms with Crippen LogP contribution in [0, 0.1) is 11.8 Å².